The number of rotatable bonds is 2. The van der Waals surface area contributed by atoms with Gasteiger partial charge in [-0.25, -0.2) is 9.78 Å². The maximum absolute atomic E-state index is 11.5. The van der Waals surface area contributed by atoms with Gasteiger partial charge in [-0.2, -0.15) is 0 Å². The molecule has 82 valence electrons. The first-order valence-corrected chi connectivity index (χ1v) is 4.88. The summed E-state index contributed by atoms with van der Waals surface area (Å²) in [5.41, 5.74) is 1.90. The fourth-order valence-electron chi connectivity index (χ4n) is 1.24. The minimum absolute atomic E-state index is 0.321. The maximum atomic E-state index is 11.5. The predicted molar refractivity (Wildman–Crippen MR) is 62.4 cm³/mol. The molecule has 0 bridgehead atoms. The second-order valence-electron chi connectivity index (χ2n) is 3.38. The number of hydrogen-bond acceptors (Lipinski definition) is 2. The van der Waals surface area contributed by atoms with E-state index in [4.69, 9.17) is 0 Å². The molecule has 0 saturated heterocycles. The number of carbonyl (C=O) groups is 1. The Kier molecular flexibility index (Phi) is 2.86. The Bertz CT molecular complexity index is 461. The van der Waals surface area contributed by atoms with Gasteiger partial charge in [-0.1, -0.05) is 17.7 Å². The monoisotopic (exact) mass is 216 g/mol. The first-order valence-electron chi connectivity index (χ1n) is 4.88. The number of nitrogens with one attached hydrogen (secondary N) is 3. The van der Waals surface area contributed by atoms with Crippen molar-refractivity contribution >= 4 is 17.7 Å². The van der Waals surface area contributed by atoms with Crippen LogP contribution in [0.15, 0.2) is 36.7 Å². The molecule has 1 aromatic heterocycles. The molecule has 0 aliphatic rings. The minimum Gasteiger partial charge on any atom is -0.331 e. The summed E-state index contributed by atoms with van der Waals surface area (Å²) in [6, 6.07) is 7.23. The van der Waals surface area contributed by atoms with E-state index in [9.17, 15) is 4.79 Å². The summed E-state index contributed by atoms with van der Waals surface area (Å²) in [7, 11) is 0. The van der Waals surface area contributed by atoms with Gasteiger partial charge in [0.2, 0.25) is 5.95 Å². The Hall–Kier alpha value is -2.30. The lowest BCUT2D eigenvalue weighted by Gasteiger charge is -2.05. The van der Waals surface area contributed by atoms with Crippen molar-refractivity contribution in [2.24, 2.45) is 0 Å². The molecule has 5 nitrogen and oxygen atoms in total. The second kappa shape index (κ2) is 4.48. The standard InChI is InChI=1S/C11H12N4O/c1-8-2-4-9(5-3-8)14-11(16)15-10-12-6-7-13-10/h2-7H,1H3,(H3,12,13,14,15,16). The van der Waals surface area contributed by atoms with Crippen LogP contribution in [0.4, 0.5) is 16.4 Å². The average Bonchev–Trinajstić information content (AvgIpc) is 2.74. The van der Waals surface area contributed by atoms with E-state index in [1.54, 1.807) is 12.4 Å². The molecule has 3 N–H and O–H groups in total. The molecule has 0 saturated carbocycles. The number of hydrogen-bond donors (Lipinski definition) is 3. The molecule has 0 unspecified atom stereocenters. The lowest BCUT2D eigenvalue weighted by atomic mass is 10.2. The summed E-state index contributed by atoms with van der Waals surface area (Å²) in [4.78, 5) is 18.1. The van der Waals surface area contributed by atoms with E-state index < -0.39 is 0 Å². The van der Waals surface area contributed by atoms with Crippen LogP contribution >= 0.6 is 0 Å². The van der Waals surface area contributed by atoms with Crippen LogP contribution < -0.4 is 10.6 Å². The molecular formula is C11H12N4O. The summed E-state index contributed by atoms with van der Waals surface area (Å²) in [5.74, 6) is 0.421. The van der Waals surface area contributed by atoms with Crippen molar-refractivity contribution in [3.05, 3.63) is 42.2 Å². The Morgan fingerprint density at radius 3 is 2.62 bits per heavy atom. The second-order valence-corrected chi connectivity index (χ2v) is 3.38. The van der Waals surface area contributed by atoms with E-state index in [0.717, 1.165) is 11.3 Å². The van der Waals surface area contributed by atoms with E-state index in [0.29, 0.717) is 5.95 Å². The first kappa shape index (κ1) is 10.2. The van der Waals surface area contributed by atoms with Crippen molar-refractivity contribution < 1.29 is 4.79 Å². The van der Waals surface area contributed by atoms with Crippen molar-refractivity contribution in [3.63, 3.8) is 0 Å². The average molecular weight is 216 g/mol. The Balaban J connectivity index is 1.95. The number of nitrogens with zero attached hydrogens (tertiary/aromatic N) is 1. The van der Waals surface area contributed by atoms with Crippen LogP contribution in [0.2, 0.25) is 0 Å². The molecule has 0 fully saturated rings. The topological polar surface area (TPSA) is 69.8 Å². The van der Waals surface area contributed by atoms with Gasteiger partial charge in [0.15, 0.2) is 0 Å². The van der Waals surface area contributed by atoms with Crippen molar-refractivity contribution in [1.29, 1.82) is 0 Å². The molecule has 0 spiro atoms. The van der Waals surface area contributed by atoms with Crippen LogP contribution in [0.25, 0.3) is 0 Å². The van der Waals surface area contributed by atoms with Gasteiger partial charge in [-0.05, 0) is 19.1 Å². The van der Waals surface area contributed by atoms with E-state index in [-0.39, 0.29) is 6.03 Å². The highest BCUT2D eigenvalue weighted by Crippen LogP contribution is 2.08. The Morgan fingerprint density at radius 1 is 1.25 bits per heavy atom. The van der Waals surface area contributed by atoms with Gasteiger partial charge in [0.1, 0.15) is 0 Å². The largest absolute Gasteiger partial charge is 0.331 e. The van der Waals surface area contributed by atoms with Gasteiger partial charge < -0.3 is 10.3 Å². The van der Waals surface area contributed by atoms with Crippen molar-refractivity contribution in [1.82, 2.24) is 9.97 Å². The van der Waals surface area contributed by atoms with Crippen LogP contribution in [-0.2, 0) is 0 Å². The molecule has 0 aliphatic heterocycles. The van der Waals surface area contributed by atoms with Gasteiger partial charge in [-0.15, -0.1) is 0 Å². The third-order valence-electron chi connectivity index (χ3n) is 2.04. The van der Waals surface area contributed by atoms with Crippen LogP contribution in [0.3, 0.4) is 0 Å². The highest BCUT2D eigenvalue weighted by atomic mass is 16.2. The minimum atomic E-state index is -0.321. The van der Waals surface area contributed by atoms with Crippen molar-refractivity contribution in [3.8, 4) is 0 Å². The number of benzene rings is 1. The number of imidazole rings is 1. The molecule has 0 radical (unpaired) electrons. The van der Waals surface area contributed by atoms with E-state index in [1.807, 2.05) is 31.2 Å². The number of aryl methyl sites for hydroxylation is 1. The zero-order chi connectivity index (χ0) is 11.4. The SMILES string of the molecule is Cc1ccc(NC(=O)Nc2ncc[nH]2)cc1. The first-order chi connectivity index (χ1) is 7.74. The Morgan fingerprint density at radius 2 is 2.00 bits per heavy atom. The van der Waals surface area contributed by atoms with Gasteiger partial charge in [0.25, 0.3) is 0 Å². The lowest BCUT2D eigenvalue weighted by molar-refractivity contribution is 0.262. The highest BCUT2D eigenvalue weighted by molar-refractivity contribution is 5.98. The Labute approximate surface area is 92.9 Å². The molecule has 2 rings (SSSR count). The number of urea groups is 1. The van der Waals surface area contributed by atoms with Crippen molar-refractivity contribution in [2.75, 3.05) is 10.6 Å². The van der Waals surface area contributed by atoms with Gasteiger partial charge >= 0.3 is 6.03 Å². The summed E-state index contributed by atoms with van der Waals surface area (Å²) in [6.45, 7) is 1.99. The molecule has 5 heteroatoms. The van der Waals surface area contributed by atoms with E-state index in [2.05, 4.69) is 20.6 Å². The lowest BCUT2D eigenvalue weighted by Crippen LogP contribution is -2.20. The molecular weight excluding hydrogens is 204 g/mol. The zero-order valence-corrected chi connectivity index (χ0v) is 8.82. The van der Waals surface area contributed by atoms with E-state index in [1.165, 1.54) is 0 Å². The fourth-order valence-corrected chi connectivity index (χ4v) is 1.24. The molecule has 0 aliphatic carbocycles. The summed E-state index contributed by atoms with van der Waals surface area (Å²) < 4.78 is 0. The maximum Gasteiger partial charge on any atom is 0.326 e. The highest BCUT2D eigenvalue weighted by Gasteiger charge is 2.02. The molecule has 2 aromatic rings. The smallest absolute Gasteiger partial charge is 0.326 e. The fraction of sp³-hybridized carbons (Fsp3) is 0.0909. The van der Waals surface area contributed by atoms with Crippen LogP contribution in [-0.4, -0.2) is 16.0 Å². The number of H-pyrrole nitrogens is 1. The zero-order valence-electron chi connectivity index (χ0n) is 8.82. The predicted octanol–water partition coefficient (Wildman–Crippen LogP) is 2.36. The summed E-state index contributed by atoms with van der Waals surface area (Å²) >= 11 is 0. The number of amides is 2. The van der Waals surface area contributed by atoms with E-state index >= 15 is 0 Å². The molecule has 2 amide bonds. The van der Waals surface area contributed by atoms with Crippen molar-refractivity contribution in [2.45, 2.75) is 6.92 Å². The third-order valence-corrected chi connectivity index (χ3v) is 2.04. The summed E-state index contributed by atoms with van der Waals surface area (Å²) in [5, 5.41) is 5.27. The normalized spacial score (nSPS) is 9.81. The van der Waals surface area contributed by atoms with Crippen LogP contribution in [0.1, 0.15) is 5.56 Å². The van der Waals surface area contributed by atoms with Gasteiger partial charge in [0.05, 0.1) is 0 Å². The number of carbonyl (C=O) groups excluding carboxylic acids is 1. The third kappa shape index (κ3) is 2.60. The quantitative estimate of drug-likeness (QED) is 0.721. The molecule has 16 heavy (non-hydrogen) atoms. The molecule has 1 heterocycles. The van der Waals surface area contributed by atoms with Crippen LogP contribution in [0, 0.1) is 6.92 Å². The number of aromatic nitrogens is 2. The van der Waals surface area contributed by atoms with Gasteiger partial charge in [-0.3, -0.25) is 5.32 Å². The summed E-state index contributed by atoms with van der Waals surface area (Å²) in [6.07, 6.45) is 3.21. The number of aromatic amines is 1. The molecule has 0 atom stereocenters. The molecule has 1 aromatic carbocycles. The van der Waals surface area contributed by atoms with Crippen LogP contribution in [0.5, 0.6) is 0 Å². The number of anilines is 2. The van der Waals surface area contributed by atoms with Gasteiger partial charge in [0, 0.05) is 18.1 Å².